The van der Waals surface area contributed by atoms with Crippen LogP contribution in [0.5, 0.6) is 0 Å². The first-order valence-corrected chi connectivity index (χ1v) is 9.74. The Bertz CT molecular complexity index is 1300. The maximum Gasteiger partial charge on any atom is 0.439 e. The smallest absolute Gasteiger partial charge is 0.321 e. The minimum atomic E-state index is -0.628. The molecule has 0 saturated heterocycles. The molecule has 1 amide bonds. The number of hydrogen-bond acceptors (Lipinski definition) is 5. The minimum absolute atomic E-state index is 0.259. The minimum Gasteiger partial charge on any atom is -0.321 e. The molecule has 150 valence electrons. The number of anilines is 1. The molecule has 8 nitrogen and oxygen atoms in total. The Kier molecular flexibility index (Phi) is 4.31. The number of fused-ring (bicyclic) bond motifs is 1. The topological polar surface area (TPSA) is 106 Å². The molecule has 30 heavy (non-hydrogen) atoms. The highest BCUT2D eigenvalue weighted by molar-refractivity contribution is 6.04. The number of carbonyl (C=O) groups is 1. The van der Waals surface area contributed by atoms with E-state index in [-0.39, 0.29) is 5.91 Å². The number of benzene rings is 2. The zero-order valence-corrected chi connectivity index (χ0v) is 16.3. The van der Waals surface area contributed by atoms with E-state index in [1.54, 1.807) is 24.3 Å². The summed E-state index contributed by atoms with van der Waals surface area (Å²) in [6.07, 6.45) is 2.75. The molecule has 1 aliphatic rings. The SMILES string of the molecule is Cc1ccc(-n2nc(C(=O)Nc3cccc(-c4noc(=O)[nH]4)c3)c3c2CCC3)cc1. The van der Waals surface area contributed by atoms with Crippen LogP contribution in [-0.4, -0.2) is 25.8 Å². The second-order valence-corrected chi connectivity index (χ2v) is 7.35. The standard InChI is InChI=1S/C22H19N5O3/c1-13-8-10-16(11-9-13)27-18-7-3-6-17(18)19(25-27)21(28)23-15-5-2-4-14(12-15)20-24-22(29)30-26-20/h2,4-5,8-12H,3,6-7H2,1H3,(H,23,28)(H,24,26,29). The molecule has 0 aliphatic heterocycles. The molecule has 4 aromatic rings. The second kappa shape index (κ2) is 7.14. The van der Waals surface area contributed by atoms with Crippen molar-refractivity contribution in [2.24, 2.45) is 0 Å². The van der Waals surface area contributed by atoms with Gasteiger partial charge >= 0.3 is 5.76 Å². The lowest BCUT2D eigenvalue weighted by atomic mass is 10.1. The summed E-state index contributed by atoms with van der Waals surface area (Å²) in [7, 11) is 0. The van der Waals surface area contributed by atoms with Crippen LogP contribution in [0.25, 0.3) is 17.1 Å². The third-order valence-corrected chi connectivity index (χ3v) is 5.26. The van der Waals surface area contributed by atoms with Gasteiger partial charge in [0.15, 0.2) is 11.5 Å². The summed E-state index contributed by atoms with van der Waals surface area (Å²) >= 11 is 0. The van der Waals surface area contributed by atoms with Crippen LogP contribution < -0.4 is 11.1 Å². The molecule has 5 rings (SSSR count). The van der Waals surface area contributed by atoms with Crippen molar-refractivity contribution >= 4 is 11.6 Å². The lowest BCUT2D eigenvalue weighted by Gasteiger charge is -2.06. The Morgan fingerprint density at radius 2 is 2.00 bits per heavy atom. The third-order valence-electron chi connectivity index (χ3n) is 5.26. The van der Waals surface area contributed by atoms with E-state index in [0.717, 1.165) is 36.2 Å². The Labute approximate surface area is 171 Å². The number of aromatic nitrogens is 4. The molecule has 0 bridgehead atoms. The van der Waals surface area contributed by atoms with Gasteiger partial charge in [-0.25, -0.2) is 9.48 Å². The predicted octanol–water partition coefficient (Wildman–Crippen LogP) is 3.27. The van der Waals surface area contributed by atoms with E-state index in [2.05, 4.69) is 25.1 Å². The van der Waals surface area contributed by atoms with Gasteiger partial charge in [-0.1, -0.05) is 35.0 Å². The van der Waals surface area contributed by atoms with E-state index < -0.39 is 5.76 Å². The molecule has 2 aromatic carbocycles. The van der Waals surface area contributed by atoms with Crippen molar-refractivity contribution in [2.45, 2.75) is 26.2 Å². The average molecular weight is 401 g/mol. The third kappa shape index (κ3) is 3.22. The molecule has 0 radical (unpaired) electrons. The van der Waals surface area contributed by atoms with Gasteiger partial charge in [-0.05, 0) is 50.5 Å². The number of hydrogen-bond donors (Lipinski definition) is 2. The highest BCUT2D eigenvalue weighted by Crippen LogP contribution is 2.29. The van der Waals surface area contributed by atoms with Crippen LogP contribution in [0, 0.1) is 6.92 Å². The number of nitrogens with zero attached hydrogens (tertiary/aromatic N) is 3. The number of H-pyrrole nitrogens is 1. The Morgan fingerprint density at radius 3 is 2.77 bits per heavy atom. The second-order valence-electron chi connectivity index (χ2n) is 7.35. The fourth-order valence-corrected chi connectivity index (χ4v) is 3.81. The molecular formula is C22H19N5O3. The van der Waals surface area contributed by atoms with Crippen LogP contribution in [0.15, 0.2) is 57.8 Å². The molecule has 2 heterocycles. The molecule has 0 saturated carbocycles. The summed E-state index contributed by atoms with van der Waals surface area (Å²) in [5.41, 5.74) is 5.89. The maximum atomic E-state index is 13.0. The van der Waals surface area contributed by atoms with Gasteiger partial charge < -0.3 is 5.32 Å². The monoisotopic (exact) mass is 401 g/mol. The average Bonchev–Trinajstić information content (AvgIpc) is 3.45. The summed E-state index contributed by atoms with van der Waals surface area (Å²) < 4.78 is 6.43. The van der Waals surface area contributed by atoms with Crippen LogP contribution in [0.3, 0.4) is 0 Å². The van der Waals surface area contributed by atoms with Crippen molar-refractivity contribution in [3.05, 3.63) is 81.6 Å². The molecular weight excluding hydrogens is 382 g/mol. The molecule has 0 atom stereocenters. The van der Waals surface area contributed by atoms with Gasteiger partial charge in [0.2, 0.25) is 0 Å². The van der Waals surface area contributed by atoms with Gasteiger partial charge in [-0.2, -0.15) is 5.10 Å². The normalized spacial score (nSPS) is 12.7. The lowest BCUT2D eigenvalue weighted by Crippen LogP contribution is -2.15. The van der Waals surface area contributed by atoms with E-state index >= 15 is 0 Å². The fourth-order valence-electron chi connectivity index (χ4n) is 3.81. The van der Waals surface area contributed by atoms with E-state index in [1.807, 2.05) is 35.9 Å². The van der Waals surface area contributed by atoms with Gasteiger partial charge in [-0.3, -0.25) is 14.3 Å². The van der Waals surface area contributed by atoms with Gasteiger partial charge in [0, 0.05) is 22.5 Å². The van der Waals surface area contributed by atoms with Crippen LogP contribution >= 0.6 is 0 Å². The molecule has 0 spiro atoms. The molecule has 0 unspecified atom stereocenters. The fraction of sp³-hybridized carbons (Fsp3) is 0.182. The number of aromatic amines is 1. The number of nitrogens with one attached hydrogen (secondary N) is 2. The van der Waals surface area contributed by atoms with Crippen LogP contribution in [-0.2, 0) is 12.8 Å². The first-order valence-electron chi connectivity index (χ1n) is 9.74. The zero-order chi connectivity index (χ0) is 20.7. The van der Waals surface area contributed by atoms with Crippen LogP contribution in [0.4, 0.5) is 5.69 Å². The molecule has 2 N–H and O–H groups in total. The molecule has 8 heteroatoms. The van der Waals surface area contributed by atoms with Crippen molar-refractivity contribution in [3.8, 4) is 17.1 Å². The van der Waals surface area contributed by atoms with Crippen LogP contribution in [0.1, 0.15) is 33.7 Å². The molecule has 2 aromatic heterocycles. The summed E-state index contributed by atoms with van der Waals surface area (Å²) in [6, 6.07) is 15.2. The Balaban J connectivity index is 1.45. The number of aryl methyl sites for hydroxylation is 1. The summed E-state index contributed by atoms with van der Waals surface area (Å²) in [5, 5.41) is 11.2. The maximum absolute atomic E-state index is 13.0. The van der Waals surface area contributed by atoms with Gasteiger partial charge in [-0.15, -0.1) is 0 Å². The summed E-state index contributed by atoms with van der Waals surface area (Å²) in [5.74, 6) is -0.581. The number of carbonyl (C=O) groups excluding carboxylic acids is 1. The van der Waals surface area contributed by atoms with E-state index in [9.17, 15) is 9.59 Å². The number of amides is 1. The highest BCUT2D eigenvalue weighted by Gasteiger charge is 2.27. The largest absolute Gasteiger partial charge is 0.439 e. The molecule has 1 aliphatic carbocycles. The predicted molar refractivity (Wildman–Crippen MR) is 111 cm³/mol. The Hall–Kier alpha value is -3.94. The van der Waals surface area contributed by atoms with Crippen molar-refractivity contribution in [2.75, 3.05) is 5.32 Å². The van der Waals surface area contributed by atoms with Crippen molar-refractivity contribution in [1.29, 1.82) is 0 Å². The van der Waals surface area contributed by atoms with E-state index in [0.29, 0.717) is 22.8 Å². The quantitative estimate of drug-likeness (QED) is 0.546. The van der Waals surface area contributed by atoms with Gasteiger partial charge in [0.1, 0.15) is 0 Å². The van der Waals surface area contributed by atoms with Crippen molar-refractivity contribution in [1.82, 2.24) is 19.9 Å². The summed E-state index contributed by atoms with van der Waals surface area (Å²) in [6.45, 7) is 2.04. The Morgan fingerprint density at radius 1 is 1.17 bits per heavy atom. The van der Waals surface area contributed by atoms with Gasteiger partial charge in [0.25, 0.3) is 5.91 Å². The van der Waals surface area contributed by atoms with Crippen molar-refractivity contribution < 1.29 is 9.32 Å². The van der Waals surface area contributed by atoms with E-state index in [1.165, 1.54) is 5.56 Å². The first kappa shape index (κ1) is 18.1. The van der Waals surface area contributed by atoms with E-state index in [4.69, 9.17) is 0 Å². The zero-order valence-electron chi connectivity index (χ0n) is 16.3. The van der Waals surface area contributed by atoms with Gasteiger partial charge in [0.05, 0.1) is 5.69 Å². The highest BCUT2D eigenvalue weighted by atomic mass is 16.5. The lowest BCUT2D eigenvalue weighted by molar-refractivity contribution is 0.102. The first-order chi connectivity index (χ1) is 14.6. The van der Waals surface area contributed by atoms with Crippen LogP contribution in [0.2, 0.25) is 0 Å². The summed E-state index contributed by atoms with van der Waals surface area (Å²) in [4.78, 5) is 26.7. The number of rotatable bonds is 4. The molecule has 0 fully saturated rings. The van der Waals surface area contributed by atoms with Crippen molar-refractivity contribution in [3.63, 3.8) is 0 Å².